The van der Waals surface area contributed by atoms with E-state index in [-0.39, 0.29) is 0 Å². The summed E-state index contributed by atoms with van der Waals surface area (Å²) in [6.45, 7) is 3.93. The van der Waals surface area contributed by atoms with Gasteiger partial charge in [-0.3, -0.25) is 0 Å². The Hall–Kier alpha value is -2.11. The highest BCUT2D eigenvalue weighted by Gasteiger charge is 2.37. The lowest BCUT2D eigenvalue weighted by Gasteiger charge is -2.19. The molecule has 2 fully saturated rings. The Morgan fingerprint density at radius 1 is 0.846 bits per heavy atom. The molecule has 2 atom stereocenters. The van der Waals surface area contributed by atoms with Crippen LogP contribution in [0.15, 0.2) is 48.5 Å². The van der Waals surface area contributed by atoms with Crippen molar-refractivity contribution >= 4 is 0 Å². The first-order chi connectivity index (χ1) is 12.8. The molecule has 1 heterocycles. The molecule has 0 unspecified atom stereocenters. The van der Waals surface area contributed by atoms with E-state index in [0.717, 1.165) is 17.4 Å². The lowest BCUT2D eigenvalue weighted by atomic mass is 10.0. The maximum atomic E-state index is 8.92. The van der Waals surface area contributed by atoms with Crippen LogP contribution in [0.3, 0.4) is 0 Å². The van der Waals surface area contributed by atoms with Gasteiger partial charge in [0.2, 0.25) is 0 Å². The predicted octanol–water partition coefficient (Wildman–Crippen LogP) is 5.59. The van der Waals surface area contributed by atoms with Crippen LogP contribution >= 0.6 is 0 Å². The van der Waals surface area contributed by atoms with E-state index in [1.54, 1.807) is 0 Å². The molecule has 2 aromatic carbocycles. The van der Waals surface area contributed by atoms with Crippen molar-refractivity contribution in [2.24, 2.45) is 5.92 Å². The van der Waals surface area contributed by atoms with Crippen molar-refractivity contribution in [1.29, 1.82) is 5.26 Å². The van der Waals surface area contributed by atoms with Gasteiger partial charge >= 0.3 is 0 Å². The van der Waals surface area contributed by atoms with E-state index in [2.05, 4.69) is 35.2 Å². The summed E-state index contributed by atoms with van der Waals surface area (Å²) in [5.41, 5.74) is 4.64. The van der Waals surface area contributed by atoms with Crippen LogP contribution in [-0.4, -0.2) is 24.5 Å². The van der Waals surface area contributed by atoms with E-state index in [4.69, 9.17) is 5.26 Å². The molecule has 1 saturated heterocycles. The molecule has 2 aliphatic rings. The quantitative estimate of drug-likeness (QED) is 0.706. The summed E-state index contributed by atoms with van der Waals surface area (Å²) in [5, 5.41) is 8.92. The molecular formula is C24H28N2. The third-order valence-corrected chi connectivity index (χ3v) is 6.12. The third-order valence-electron chi connectivity index (χ3n) is 6.12. The highest BCUT2D eigenvalue weighted by atomic mass is 15.1. The Labute approximate surface area is 157 Å². The summed E-state index contributed by atoms with van der Waals surface area (Å²) in [7, 11) is 0. The van der Waals surface area contributed by atoms with E-state index in [0.29, 0.717) is 0 Å². The lowest BCUT2D eigenvalue weighted by Crippen LogP contribution is -2.26. The van der Waals surface area contributed by atoms with Crippen molar-refractivity contribution < 1.29 is 0 Å². The van der Waals surface area contributed by atoms with Gasteiger partial charge in [0.1, 0.15) is 0 Å². The first-order valence-corrected chi connectivity index (χ1v) is 10.2. The zero-order chi connectivity index (χ0) is 17.8. The topological polar surface area (TPSA) is 27.0 Å². The molecule has 1 aliphatic carbocycles. The van der Waals surface area contributed by atoms with Gasteiger partial charge in [0, 0.05) is 0 Å². The molecule has 2 heteroatoms. The first-order valence-electron chi connectivity index (χ1n) is 10.2. The number of nitriles is 1. The standard InChI is InChI=1S/C24H28N2/c25-18-19-5-7-20(8-6-19)21-9-11-22(12-10-21)24-17-23(24)13-16-26-14-3-1-2-4-15-26/h5-12,23-24H,1-4,13-17H2/t23-,24+/m0/s1. The van der Waals surface area contributed by atoms with Gasteiger partial charge in [-0.1, -0.05) is 49.2 Å². The van der Waals surface area contributed by atoms with E-state index < -0.39 is 0 Å². The Kier molecular flexibility index (Phi) is 5.37. The Bertz CT molecular complexity index is 746. The molecule has 2 aromatic rings. The average molecular weight is 345 g/mol. The number of likely N-dealkylation sites (tertiary alicyclic amines) is 1. The van der Waals surface area contributed by atoms with Gasteiger partial charge in [-0.15, -0.1) is 0 Å². The molecule has 0 N–H and O–H groups in total. The van der Waals surface area contributed by atoms with E-state index >= 15 is 0 Å². The predicted molar refractivity (Wildman–Crippen MR) is 107 cm³/mol. The monoisotopic (exact) mass is 344 g/mol. The Morgan fingerprint density at radius 3 is 2.08 bits per heavy atom. The smallest absolute Gasteiger partial charge is 0.0991 e. The summed E-state index contributed by atoms with van der Waals surface area (Å²) in [6.07, 6.45) is 8.37. The Balaban J connectivity index is 1.31. The summed E-state index contributed by atoms with van der Waals surface area (Å²) >= 11 is 0. The minimum Gasteiger partial charge on any atom is -0.303 e. The first kappa shape index (κ1) is 17.3. The zero-order valence-corrected chi connectivity index (χ0v) is 15.5. The van der Waals surface area contributed by atoms with E-state index in [1.165, 1.54) is 74.8 Å². The molecule has 0 radical (unpaired) electrons. The second-order valence-electron chi connectivity index (χ2n) is 7.96. The van der Waals surface area contributed by atoms with Crippen molar-refractivity contribution in [2.45, 2.75) is 44.4 Å². The minimum absolute atomic E-state index is 0.718. The fourth-order valence-electron chi connectivity index (χ4n) is 4.34. The molecule has 26 heavy (non-hydrogen) atoms. The molecule has 0 bridgehead atoms. The average Bonchev–Trinajstić information content (AvgIpc) is 3.50. The summed E-state index contributed by atoms with van der Waals surface area (Å²) in [6, 6.07) is 19.1. The molecular weight excluding hydrogens is 316 g/mol. The van der Waals surface area contributed by atoms with Crippen LogP contribution in [-0.2, 0) is 0 Å². The normalized spacial score (nSPS) is 23.2. The van der Waals surface area contributed by atoms with Gasteiger partial charge in [0.15, 0.2) is 0 Å². The van der Waals surface area contributed by atoms with Crippen molar-refractivity contribution in [1.82, 2.24) is 4.90 Å². The lowest BCUT2D eigenvalue weighted by molar-refractivity contribution is 0.275. The van der Waals surface area contributed by atoms with Crippen LogP contribution in [0.4, 0.5) is 0 Å². The number of hydrogen-bond acceptors (Lipinski definition) is 2. The van der Waals surface area contributed by atoms with Crippen LogP contribution in [0.5, 0.6) is 0 Å². The van der Waals surface area contributed by atoms with Crippen LogP contribution in [0, 0.1) is 17.2 Å². The minimum atomic E-state index is 0.718. The molecule has 0 amide bonds. The third kappa shape index (κ3) is 4.17. The van der Waals surface area contributed by atoms with Gasteiger partial charge in [0.25, 0.3) is 0 Å². The fraction of sp³-hybridized carbons (Fsp3) is 0.458. The van der Waals surface area contributed by atoms with E-state index in [9.17, 15) is 0 Å². The van der Waals surface area contributed by atoms with Crippen LogP contribution < -0.4 is 0 Å². The maximum Gasteiger partial charge on any atom is 0.0991 e. The second kappa shape index (κ2) is 8.06. The largest absolute Gasteiger partial charge is 0.303 e. The zero-order valence-electron chi connectivity index (χ0n) is 15.5. The van der Waals surface area contributed by atoms with Gasteiger partial charge in [-0.25, -0.2) is 0 Å². The van der Waals surface area contributed by atoms with Gasteiger partial charge in [-0.2, -0.15) is 5.26 Å². The second-order valence-corrected chi connectivity index (χ2v) is 7.96. The highest BCUT2D eigenvalue weighted by molar-refractivity contribution is 5.64. The fourth-order valence-corrected chi connectivity index (χ4v) is 4.34. The highest BCUT2D eigenvalue weighted by Crippen LogP contribution is 2.49. The molecule has 4 rings (SSSR count). The number of rotatable bonds is 5. The van der Waals surface area contributed by atoms with Gasteiger partial charge < -0.3 is 4.90 Å². The van der Waals surface area contributed by atoms with Crippen molar-refractivity contribution in [3.05, 3.63) is 59.7 Å². The SMILES string of the molecule is N#Cc1ccc(-c2ccc([C@H]3C[C@@H]3CCN3CCCCCC3)cc2)cc1. The van der Waals surface area contributed by atoms with Crippen molar-refractivity contribution in [2.75, 3.05) is 19.6 Å². The summed E-state index contributed by atoms with van der Waals surface area (Å²) in [5.74, 6) is 1.66. The van der Waals surface area contributed by atoms with Gasteiger partial charge in [-0.05, 0) is 86.0 Å². The van der Waals surface area contributed by atoms with Crippen LogP contribution in [0.25, 0.3) is 11.1 Å². The maximum absolute atomic E-state index is 8.92. The van der Waals surface area contributed by atoms with Crippen LogP contribution in [0.2, 0.25) is 0 Å². The van der Waals surface area contributed by atoms with Crippen molar-refractivity contribution in [3.8, 4) is 17.2 Å². The number of benzene rings is 2. The summed E-state index contributed by atoms with van der Waals surface area (Å²) < 4.78 is 0. The van der Waals surface area contributed by atoms with Crippen molar-refractivity contribution in [3.63, 3.8) is 0 Å². The molecule has 1 aliphatic heterocycles. The molecule has 1 saturated carbocycles. The number of hydrogen-bond donors (Lipinski definition) is 0. The van der Waals surface area contributed by atoms with Gasteiger partial charge in [0.05, 0.1) is 11.6 Å². The molecule has 0 spiro atoms. The molecule has 0 aromatic heterocycles. The van der Waals surface area contributed by atoms with E-state index in [1.807, 2.05) is 24.3 Å². The molecule has 134 valence electrons. The Morgan fingerprint density at radius 2 is 1.46 bits per heavy atom. The number of nitrogens with zero attached hydrogens (tertiary/aromatic N) is 2. The molecule has 2 nitrogen and oxygen atoms in total. The van der Waals surface area contributed by atoms with Crippen LogP contribution in [0.1, 0.15) is 55.6 Å². The summed E-state index contributed by atoms with van der Waals surface area (Å²) in [4.78, 5) is 2.69.